The van der Waals surface area contributed by atoms with Crippen LogP contribution < -0.4 is 4.74 Å². The third kappa shape index (κ3) is 3.73. The van der Waals surface area contributed by atoms with Crippen LogP contribution in [0.5, 0.6) is 5.75 Å². The van der Waals surface area contributed by atoms with Crippen LogP contribution in [0.15, 0.2) is 34.9 Å². The van der Waals surface area contributed by atoms with E-state index in [4.69, 9.17) is 16.3 Å². The lowest BCUT2D eigenvalue weighted by Crippen LogP contribution is -2.28. The van der Waals surface area contributed by atoms with Gasteiger partial charge in [-0.15, -0.1) is 0 Å². The summed E-state index contributed by atoms with van der Waals surface area (Å²) in [6.45, 7) is 3.97. The number of methoxy groups -OCH3 is 1. The van der Waals surface area contributed by atoms with Crippen LogP contribution in [0.4, 0.5) is 0 Å². The molecular formula is C17H19ClO3. The predicted molar refractivity (Wildman–Crippen MR) is 82.6 cm³/mol. The zero-order valence-electron chi connectivity index (χ0n) is 12.5. The van der Waals surface area contributed by atoms with Crippen LogP contribution in [0.1, 0.15) is 32.3 Å². The van der Waals surface area contributed by atoms with E-state index >= 15 is 0 Å². The number of ketones is 2. The van der Waals surface area contributed by atoms with E-state index in [0.717, 1.165) is 11.3 Å². The quantitative estimate of drug-likeness (QED) is 0.797. The first-order valence-corrected chi connectivity index (χ1v) is 7.28. The van der Waals surface area contributed by atoms with Gasteiger partial charge in [-0.3, -0.25) is 9.59 Å². The highest BCUT2D eigenvalue weighted by molar-refractivity contribution is 6.37. The molecule has 0 N–H and O–H groups in total. The number of carbonyl (C=O) groups excluding carboxylic acids is 2. The van der Waals surface area contributed by atoms with Crippen LogP contribution in [-0.2, 0) is 16.0 Å². The highest BCUT2D eigenvalue weighted by Gasteiger charge is 2.35. The number of rotatable bonds is 4. The van der Waals surface area contributed by atoms with Crippen molar-refractivity contribution in [1.29, 1.82) is 0 Å². The van der Waals surface area contributed by atoms with Crippen molar-refractivity contribution < 1.29 is 14.3 Å². The highest BCUT2D eigenvalue weighted by atomic mass is 35.5. The van der Waals surface area contributed by atoms with Gasteiger partial charge >= 0.3 is 0 Å². The molecule has 0 radical (unpaired) electrons. The van der Waals surface area contributed by atoms with Gasteiger partial charge < -0.3 is 4.74 Å². The SMILES string of the molecule is COc1ccc(CC(=O)C2=C(Cl)CC(C)(C)CC2=O)cc1. The van der Waals surface area contributed by atoms with Crippen molar-refractivity contribution in [3.05, 3.63) is 40.4 Å². The molecule has 0 saturated heterocycles. The third-order valence-electron chi connectivity index (χ3n) is 3.63. The molecule has 0 saturated carbocycles. The minimum atomic E-state index is -0.203. The largest absolute Gasteiger partial charge is 0.497 e. The van der Waals surface area contributed by atoms with Crippen LogP contribution >= 0.6 is 11.6 Å². The Morgan fingerprint density at radius 1 is 1.24 bits per heavy atom. The van der Waals surface area contributed by atoms with Gasteiger partial charge in [-0.05, 0) is 29.5 Å². The van der Waals surface area contributed by atoms with Gasteiger partial charge in [0.1, 0.15) is 5.75 Å². The zero-order valence-corrected chi connectivity index (χ0v) is 13.3. The van der Waals surface area contributed by atoms with Crippen molar-refractivity contribution in [3.8, 4) is 5.75 Å². The van der Waals surface area contributed by atoms with E-state index in [0.29, 0.717) is 17.9 Å². The van der Waals surface area contributed by atoms with Crippen molar-refractivity contribution in [2.24, 2.45) is 5.41 Å². The summed E-state index contributed by atoms with van der Waals surface area (Å²) in [5.41, 5.74) is 0.861. The van der Waals surface area contributed by atoms with Gasteiger partial charge in [0.15, 0.2) is 11.6 Å². The van der Waals surface area contributed by atoms with Gasteiger partial charge in [-0.1, -0.05) is 37.6 Å². The second kappa shape index (κ2) is 6.02. The van der Waals surface area contributed by atoms with Gasteiger partial charge in [0, 0.05) is 17.9 Å². The van der Waals surface area contributed by atoms with E-state index in [-0.39, 0.29) is 29.0 Å². The monoisotopic (exact) mass is 306 g/mol. The number of allylic oxidation sites excluding steroid dienone is 2. The molecule has 0 spiro atoms. The summed E-state index contributed by atoms with van der Waals surface area (Å²) < 4.78 is 5.08. The Hall–Kier alpha value is -1.61. The first-order valence-electron chi connectivity index (χ1n) is 6.90. The highest BCUT2D eigenvalue weighted by Crippen LogP contribution is 2.38. The molecule has 1 aromatic rings. The van der Waals surface area contributed by atoms with Crippen molar-refractivity contribution in [3.63, 3.8) is 0 Å². The van der Waals surface area contributed by atoms with Crippen molar-refractivity contribution in [2.75, 3.05) is 7.11 Å². The van der Waals surface area contributed by atoms with E-state index in [1.54, 1.807) is 19.2 Å². The molecule has 0 amide bonds. The standard InChI is InChI=1S/C17H19ClO3/c1-17(2)9-13(18)16(15(20)10-17)14(19)8-11-4-6-12(21-3)7-5-11/h4-7H,8-10H2,1-3H3. The summed E-state index contributed by atoms with van der Waals surface area (Å²) >= 11 is 6.19. The lowest BCUT2D eigenvalue weighted by Gasteiger charge is -2.29. The molecule has 4 heteroatoms. The molecule has 112 valence electrons. The van der Waals surface area contributed by atoms with Gasteiger partial charge in [0.25, 0.3) is 0 Å². The normalized spacial score (nSPS) is 17.8. The van der Waals surface area contributed by atoms with Crippen molar-refractivity contribution >= 4 is 23.2 Å². The molecule has 0 fully saturated rings. The first kappa shape index (κ1) is 15.8. The maximum absolute atomic E-state index is 12.4. The predicted octanol–water partition coefficient (Wildman–Crippen LogP) is 3.69. The fraction of sp³-hybridized carbons (Fsp3) is 0.412. The molecule has 0 unspecified atom stereocenters. The molecular weight excluding hydrogens is 288 g/mol. The molecule has 1 aromatic carbocycles. The van der Waals surface area contributed by atoms with E-state index in [1.165, 1.54) is 0 Å². The lowest BCUT2D eigenvalue weighted by molar-refractivity contribution is -0.122. The van der Waals surface area contributed by atoms with E-state index in [1.807, 2.05) is 26.0 Å². The van der Waals surface area contributed by atoms with Gasteiger partial charge in [-0.25, -0.2) is 0 Å². The fourth-order valence-electron chi connectivity index (χ4n) is 2.57. The summed E-state index contributed by atoms with van der Waals surface area (Å²) in [7, 11) is 1.59. The van der Waals surface area contributed by atoms with Gasteiger partial charge in [0.05, 0.1) is 12.7 Å². The Balaban J connectivity index is 2.17. The lowest BCUT2D eigenvalue weighted by atomic mass is 9.76. The van der Waals surface area contributed by atoms with Crippen molar-refractivity contribution in [2.45, 2.75) is 33.1 Å². The molecule has 0 atom stereocenters. The van der Waals surface area contributed by atoms with Gasteiger partial charge in [-0.2, -0.15) is 0 Å². The molecule has 3 nitrogen and oxygen atoms in total. The molecule has 1 aliphatic carbocycles. The summed E-state index contributed by atoms with van der Waals surface area (Å²) in [5, 5.41) is 0.398. The Kier molecular flexibility index (Phi) is 4.52. The van der Waals surface area contributed by atoms with Crippen LogP contribution in [0, 0.1) is 5.41 Å². The summed E-state index contributed by atoms with van der Waals surface area (Å²) in [4.78, 5) is 24.5. The molecule has 0 aliphatic heterocycles. The average Bonchev–Trinajstić information content (AvgIpc) is 2.37. The summed E-state index contributed by atoms with van der Waals surface area (Å²) in [6, 6.07) is 7.24. The van der Waals surface area contributed by atoms with Crippen LogP contribution in [0.25, 0.3) is 0 Å². The Bertz CT molecular complexity index is 597. The van der Waals surface area contributed by atoms with Gasteiger partial charge in [0.2, 0.25) is 0 Å². The maximum atomic E-state index is 12.4. The van der Waals surface area contributed by atoms with E-state index in [9.17, 15) is 9.59 Å². The minimum Gasteiger partial charge on any atom is -0.497 e. The fourth-order valence-corrected chi connectivity index (χ4v) is 3.14. The number of hydrogen-bond acceptors (Lipinski definition) is 3. The number of benzene rings is 1. The van der Waals surface area contributed by atoms with Crippen LogP contribution in [0.3, 0.4) is 0 Å². The Morgan fingerprint density at radius 2 is 1.86 bits per heavy atom. The number of Topliss-reactive ketones (excluding diaryl/α,β-unsaturated/α-hetero) is 2. The Labute approximate surface area is 129 Å². The molecule has 0 bridgehead atoms. The van der Waals surface area contributed by atoms with Crippen LogP contribution in [0.2, 0.25) is 0 Å². The third-order valence-corrected chi connectivity index (χ3v) is 3.95. The second-order valence-electron chi connectivity index (χ2n) is 6.17. The number of carbonyl (C=O) groups is 2. The molecule has 21 heavy (non-hydrogen) atoms. The first-order chi connectivity index (χ1) is 9.82. The molecule has 0 aromatic heterocycles. The Morgan fingerprint density at radius 3 is 2.38 bits per heavy atom. The zero-order chi connectivity index (χ0) is 15.6. The van der Waals surface area contributed by atoms with Crippen LogP contribution in [-0.4, -0.2) is 18.7 Å². The summed E-state index contributed by atoms with van der Waals surface area (Å²) in [5.74, 6) is 0.388. The molecule has 0 heterocycles. The van der Waals surface area contributed by atoms with E-state index < -0.39 is 0 Å². The number of ether oxygens (including phenoxy) is 1. The molecule has 1 aliphatic rings. The number of hydrogen-bond donors (Lipinski definition) is 0. The van der Waals surface area contributed by atoms with Crippen molar-refractivity contribution in [1.82, 2.24) is 0 Å². The summed E-state index contributed by atoms with van der Waals surface area (Å²) in [6.07, 6.45) is 1.12. The van der Waals surface area contributed by atoms with E-state index in [2.05, 4.69) is 0 Å². The second-order valence-corrected chi connectivity index (χ2v) is 6.63. The number of halogens is 1. The topological polar surface area (TPSA) is 43.4 Å². The smallest absolute Gasteiger partial charge is 0.171 e. The minimum absolute atomic E-state index is 0.144. The molecule has 2 rings (SSSR count). The average molecular weight is 307 g/mol. The maximum Gasteiger partial charge on any atom is 0.171 e.